The zero-order chi connectivity index (χ0) is 16.4. The molecule has 6 heteroatoms. The van der Waals surface area contributed by atoms with Crippen LogP contribution in [0.3, 0.4) is 0 Å². The summed E-state index contributed by atoms with van der Waals surface area (Å²) in [6, 6.07) is 13.0. The maximum atomic E-state index is 12.3. The number of amides is 1. The number of hydrogen-bond donors (Lipinski definition) is 1. The Balaban J connectivity index is 1.77. The SMILES string of the molecule is Cc1nc(-c2ccccc2)ccc1C(=O)NC1CCS(=O)(=O)C1. The summed E-state index contributed by atoms with van der Waals surface area (Å²) in [7, 11) is -3.01. The van der Waals surface area contributed by atoms with Crippen molar-refractivity contribution in [2.45, 2.75) is 19.4 Å². The van der Waals surface area contributed by atoms with Crippen LogP contribution in [0.2, 0.25) is 0 Å². The van der Waals surface area contributed by atoms with E-state index in [-0.39, 0.29) is 23.5 Å². The molecule has 5 nitrogen and oxygen atoms in total. The fraction of sp³-hybridized carbons (Fsp3) is 0.294. The molecule has 1 atom stereocenters. The predicted molar refractivity (Wildman–Crippen MR) is 88.9 cm³/mol. The zero-order valence-corrected chi connectivity index (χ0v) is 13.6. The van der Waals surface area contributed by atoms with Crippen LogP contribution in [0.15, 0.2) is 42.5 Å². The molecule has 0 saturated carbocycles. The fourth-order valence-electron chi connectivity index (χ4n) is 2.74. The van der Waals surface area contributed by atoms with E-state index >= 15 is 0 Å². The lowest BCUT2D eigenvalue weighted by atomic mass is 10.1. The zero-order valence-electron chi connectivity index (χ0n) is 12.8. The molecule has 1 saturated heterocycles. The minimum Gasteiger partial charge on any atom is -0.348 e. The van der Waals surface area contributed by atoms with E-state index in [1.807, 2.05) is 36.4 Å². The van der Waals surface area contributed by atoms with Crippen LogP contribution >= 0.6 is 0 Å². The molecule has 1 fully saturated rings. The molecule has 23 heavy (non-hydrogen) atoms. The Morgan fingerprint density at radius 3 is 2.52 bits per heavy atom. The van der Waals surface area contributed by atoms with Gasteiger partial charge in [-0.2, -0.15) is 0 Å². The van der Waals surface area contributed by atoms with Gasteiger partial charge in [0.15, 0.2) is 9.84 Å². The summed E-state index contributed by atoms with van der Waals surface area (Å²) in [6.45, 7) is 1.78. The molecule has 0 spiro atoms. The molecule has 1 aliphatic heterocycles. The average Bonchev–Trinajstić information content (AvgIpc) is 2.86. The van der Waals surface area contributed by atoms with Gasteiger partial charge in [0.2, 0.25) is 0 Å². The van der Waals surface area contributed by atoms with E-state index in [9.17, 15) is 13.2 Å². The first-order valence-corrected chi connectivity index (χ1v) is 9.31. The second kappa shape index (κ2) is 6.12. The van der Waals surface area contributed by atoms with Crippen molar-refractivity contribution in [3.05, 3.63) is 53.7 Å². The second-order valence-electron chi connectivity index (χ2n) is 5.77. The Morgan fingerprint density at radius 1 is 1.17 bits per heavy atom. The number of benzene rings is 1. The lowest BCUT2D eigenvalue weighted by molar-refractivity contribution is 0.0940. The monoisotopic (exact) mass is 330 g/mol. The van der Waals surface area contributed by atoms with E-state index in [4.69, 9.17) is 0 Å². The molecule has 1 aliphatic rings. The smallest absolute Gasteiger partial charge is 0.253 e. The highest BCUT2D eigenvalue weighted by molar-refractivity contribution is 7.91. The van der Waals surface area contributed by atoms with Crippen LogP contribution < -0.4 is 5.32 Å². The number of sulfone groups is 1. The first-order valence-electron chi connectivity index (χ1n) is 7.49. The number of aromatic nitrogens is 1. The van der Waals surface area contributed by atoms with Gasteiger partial charge in [-0.25, -0.2) is 8.42 Å². The molecule has 0 bridgehead atoms. The molecule has 1 aromatic carbocycles. The number of rotatable bonds is 3. The molecule has 1 N–H and O–H groups in total. The van der Waals surface area contributed by atoms with Gasteiger partial charge in [0.1, 0.15) is 0 Å². The van der Waals surface area contributed by atoms with Crippen molar-refractivity contribution in [2.75, 3.05) is 11.5 Å². The van der Waals surface area contributed by atoms with E-state index in [0.29, 0.717) is 17.7 Å². The van der Waals surface area contributed by atoms with Crippen LogP contribution in [0.25, 0.3) is 11.3 Å². The van der Waals surface area contributed by atoms with Crippen LogP contribution in [0.5, 0.6) is 0 Å². The van der Waals surface area contributed by atoms with Crippen LogP contribution in [-0.4, -0.2) is 36.9 Å². The third-order valence-corrected chi connectivity index (χ3v) is 5.74. The first kappa shape index (κ1) is 15.7. The van der Waals surface area contributed by atoms with Gasteiger partial charge in [-0.1, -0.05) is 30.3 Å². The van der Waals surface area contributed by atoms with Crippen molar-refractivity contribution >= 4 is 15.7 Å². The van der Waals surface area contributed by atoms with Crippen LogP contribution in [0.4, 0.5) is 0 Å². The Morgan fingerprint density at radius 2 is 1.91 bits per heavy atom. The molecule has 1 unspecified atom stereocenters. The molecule has 1 amide bonds. The minimum atomic E-state index is -3.01. The van der Waals surface area contributed by atoms with E-state index < -0.39 is 9.84 Å². The lowest BCUT2D eigenvalue weighted by Crippen LogP contribution is -2.36. The summed E-state index contributed by atoms with van der Waals surface area (Å²) in [5, 5.41) is 2.79. The molecular weight excluding hydrogens is 312 g/mol. The van der Waals surface area contributed by atoms with Gasteiger partial charge in [-0.05, 0) is 25.5 Å². The molecule has 2 aromatic rings. The summed E-state index contributed by atoms with van der Waals surface area (Å²) < 4.78 is 22.9. The maximum Gasteiger partial charge on any atom is 0.253 e. The van der Waals surface area contributed by atoms with Crippen LogP contribution in [0.1, 0.15) is 22.5 Å². The third kappa shape index (κ3) is 3.59. The summed E-state index contributed by atoms with van der Waals surface area (Å²) in [5.74, 6) is -0.105. The Labute approximate surface area is 135 Å². The van der Waals surface area contributed by atoms with Gasteiger partial charge < -0.3 is 5.32 Å². The molecule has 0 aliphatic carbocycles. The van der Waals surface area contributed by atoms with Crippen molar-refractivity contribution in [1.29, 1.82) is 0 Å². The second-order valence-corrected chi connectivity index (χ2v) is 8.00. The highest BCUT2D eigenvalue weighted by atomic mass is 32.2. The number of nitrogens with zero attached hydrogens (tertiary/aromatic N) is 1. The number of carbonyl (C=O) groups excluding carboxylic acids is 1. The standard InChI is InChI=1S/C17H18N2O3S/c1-12-15(17(20)19-14-9-10-23(21,22)11-14)7-8-16(18-12)13-5-3-2-4-6-13/h2-8,14H,9-11H2,1H3,(H,19,20). The number of hydrogen-bond acceptors (Lipinski definition) is 4. The quantitative estimate of drug-likeness (QED) is 0.933. The topological polar surface area (TPSA) is 76.1 Å². The summed E-state index contributed by atoms with van der Waals surface area (Å²) in [5.41, 5.74) is 2.91. The van der Waals surface area contributed by atoms with Gasteiger partial charge >= 0.3 is 0 Å². The highest BCUT2D eigenvalue weighted by Gasteiger charge is 2.29. The van der Waals surface area contributed by atoms with Gasteiger partial charge in [0.05, 0.1) is 28.5 Å². The van der Waals surface area contributed by atoms with Gasteiger partial charge in [-0.3, -0.25) is 9.78 Å². The molecule has 120 valence electrons. The van der Waals surface area contributed by atoms with Crippen molar-refractivity contribution in [3.8, 4) is 11.3 Å². The third-order valence-electron chi connectivity index (χ3n) is 3.97. The summed E-state index contributed by atoms with van der Waals surface area (Å²) >= 11 is 0. The summed E-state index contributed by atoms with van der Waals surface area (Å²) in [4.78, 5) is 16.8. The maximum absolute atomic E-state index is 12.3. The predicted octanol–water partition coefficient (Wildman–Crippen LogP) is 1.97. The Bertz CT molecular complexity index is 832. The molecule has 3 rings (SSSR count). The number of carbonyl (C=O) groups is 1. The summed E-state index contributed by atoms with van der Waals surface area (Å²) in [6.07, 6.45) is 0.475. The van der Waals surface area contributed by atoms with Crippen molar-refractivity contribution in [1.82, 2.24) is 10.3 Å². The van der Waals surface area contributed by atoms with Crippen LogP contribution in [0, 0.1) is 6.92 Å². The number of nitrogens with one attached hydrogen (secondary N) is 1. The van der Waals surface area contributed by atoms with Crippen molar-refractivity contribution in [3.63, 3.8) is 0 Å². The van der Waals surface area contributed by atoms with Crippen molar-refractivity contribution in [2.24, 2.45) is 0 Å². The normalized spacial score (nSPS) is 19.4. The van der Waals surface area contributed by atoms with E-state index in [1.54, 1.807) is 13.0 Å². The first-order chi connectivity index (χ1) is 10.9. The van der Waals surface area contributed by atoms with Gasteiger partial charge in [0, 0.05) is 11.6 Å². The molecule has 2 heterocycles. The molecule has 0 radical (unpaired) electrons. The van der Waals surface area contributed by atoms with Crippen molar-refractivity contribution < 1.29 is 13.2 Å². The minimum absolute atomic E-state index is 0.0211. The van der Waals surface area contributed by atoms with Gasteiger partial charge in [0.25, 0.3) is 5.91 Å². The van der Waals surface area contributed by atoms with Gasteiger partial charge in [-0.15, -0.1) is 0 Å². The average molecular weight is 330 g/mol. The number of pyridine rings is 1. The highest BCUT2D eigenvalue weighted by Crippen LogP contribution is 2.19. The largest absolute Gasteiger partial charge is 0.348 e. The molecule has 1 aromatic heterocycles. The fourth-order valence-corrected chi connectivity index (χ4v) is 4.42. The van der Waals surface area contributed by atoms with E-state index in [2.05, 4.69) is 10.3 Å². The van der Waals surface area contributed by atoms with E-state index in [1.165, 1.54) is 0 Å². The number of aryl methyl sites for hydroxylation is 1. The lowest BCUT2D eigenvalue weighted by Gasteiger charge is -2.12. The Hall–Kier alpha value is -2.21. The van der Waals surface area contributed by atoms with Crippen LogP contribution in [-0.2, 0) is 9.84 Å². The Kier molecular flexibility index (Phi) is 4.17. The molecular formula is C17H18N2O3S. The van der Waals surface area contributed by atoms with E-state index in [0.717, 1.165) is 11.3 Å².